The molecule has 1 aliphatic heterocycles. The van der Waals surface area contributed by atoms with Crippen LogP contribution in [0.25, 0.3) is 10.9 Å². The largest absolute Gasteiger partial charge is 0.370 e. The highest BCUT2D eigenvalue weighted by Crippen LogP contribution is 2.23. The maximum atomic E-state index is 6.40. The number of nitrogens with two attached hydrogens (primary N) is 2. The van der Waals surface area contributed by atoms with Gasteiger partial charge in [-0.1, -0.05) is 23.7 Å². The summed E-state index contributed by atoms with van der Waals surface area (Å²) >= 11 is 6.28. The smallest absolute Gasteiger partial charge is 0.213 e. The van der Waals surface area contributed by atoms with Gasteiger partial charge < -0.3 is 11.1 Å². The van der Waals surface area contributed by atoms with Crippen molar-refractivity contribution in [1.82, 2.24) is 20.5 Å². The van der Waals surface area contributed by atoms with Crippen LogP contribution in [0.5, 0.6) is 0 Å². The van der Waals surface area contributed by atoms with Gasteiger partial charge in [0.25, 0.3) is 0 Å². The molecular weight excluding hydrogens is 352 g/mol. The van der Waals surface area contributed by atoms with Gasteiger partial charge in [-0.15, -0.1) is 0 Å². The number of aromatic nitrogens is 3. The molecule has 0 saturated carbocycles. The number of pyridine rings is 1. The maximum Gasteiger partial charge on any atom is 0.213 e. The Balaban J connectivity index is 1.71. The van der Waals surface area contributed by atoms with Crippen LogP contribution in [0.3, 0.4) is 0 Å². The van der Waals surface area contributed by atoms with Crippen LogP contribution in [0.4, 0.5) is 0 Å². The molecule has 0 amide bonds. The van der Waals surface area contributed by atoms with Gasteiger partial charge in [0.2, 0.25) is 5.79 Å². The standard InChI is InChI=1S/C17H17ClN8/c1-9-4-12(18)14(21-7-9)6-17(20)24-15(23-16(19)25-17)10-2-3-11-8-22-26-13(11)5-10/h2-5,7-8H,6,20H2,1H3,(H,22,26)(H3,19,23,24,25). The Kier molecular flexibility index (Phi) is 3.86. The second kappa shape index (κ2) is 6.08. The molecule has 0 bridgehead atoms. The lowest BCUT2D eigenvalue weighted by molar-refractivity contribution is 0.453. The van der Waals surface area contributed by atoms with Gasteiger partial charge in [0.15, 0.2) is 5.96 Å². The van der Waals surface area contributed by atoms with Gasteiger partial charge >= 0.3 is 0 Å². The molecule has 0 fully saturated rings. The van der Waals surface area contributed by atoms with E-state index in [1.54, 1.807) is 12.4 Å². The number of nitrogens with one attached hydrogen (secondary N) is 2. The van der Waals surface area contributed by atoms with Crippen molar-refractivity contribution in [2.24, 2.45) is 21.5 Å². The van der Waals surface area contributed by atoms with E-state index in [0.717, 1.165) is 22.0 Å². The van der Waals surface area contributed by atoms with Crippen molar-refractivity contribution in [3.05, 3.63) is 58.5 Å². The third-order valence-corrected chi connectivity index (χ3v) is 4.39. The fourth-order valence-electron chi connectivity index (χ4n) is 2.84. The summed E-state index contributed by atoms with van der Waals surface area (Å²) in [6, 6.07) is 7.61. The van der Waals surface area contributed by atoms with E-state index in [1.165, 1.54) is 0 Å². The molecule has 1 aromatic carbocycles. The molecule has 0 radical (unpaired) electrons. The Labute approximate surface area is 154 Å². The van der Waals surface area contributed by atoms with E-state index < -0.39 is 5.79 Å². The highest BCUT2D eigenvalue weighted by atomic mass is 35.5. The summed E-state index contributed by atoms with van der Waals surface area (Å²) in [7, 11) is 0. The van der Waals surface area contributed by atoms with Crippen LogP contribution in [0.1, 0.15) is 16.8 Å². The van der Waals surface area contributed by atoms with Crippen molar-refractivity contribution in [3.8, 4) is 0 Å². The fourth-order valence-corrected chi connectivity index (χ4v) is 3.13. The molecular formula is C17H17ClN8. The number of hydrogen-bond acceptors (Lipinski definition) is 7. The lowest BCUT2D eigenvalue weighted by Gasteiger charge is -2.27. The minimum absolute atomic E-state index is 0.186. The summed E-state index contributed by atoms with van der Waals surface area (Å²) in [4.78, 5) is 13.2. The maximum absolute atomic E-state index is 6.40. The van der Waals surface area contributed by atoms with E-state index in [0.29, 0.717) is 16.6 Å². The predicted octanol–water partition coefficient (Wildman–Crippen LogP) is 1.44. The first-order valence-electron chi connectivity index (χ1n) is 7.97. The number of H-pyrrole nitrogens is 1. The van der Waals surface area contributed by atoms with Gasteiger partial charge in [0.1, 0.15) is 5.84 Å². The first kappa shape index (κ1) is 16.5. The number of aromatic amines is 1. The molecule has 8 nitrogen and oxygen atoms in total. The van der Waals surface area contributed by atoms with Crippen LogP contribution in [-0.4, -0.2) is 32.8 Å². The van der Waals surface area contributed by atoms with Gasteiger partial charge in [-0.25, -0.2) is 9.98 Å². The molecule has 26 heavy (non-hydrogen) atoms. The molecule has 0 saturated heterocycles. The Bertz CT molecular complexity index is 1050. The Hall–Kier alpha value is -2.97. The molecule has 1 aliphatic rings. The van der Waals surface area contributed by atoms with Crippen molar-refractivity contribution in [2.75, 3.05) is 0 Å². The molecule has 9 heteroatoms. The molecule has 0 spiro atoms. The van der Waals surface area contributed by atoms with Crippen LogP contribution in [0.15, 0.2) is 46.6 Å². The molecule has 3 heterocycles. The number of halogens is 1. The van der Waals surface area contributed by atoms with Gasteiger partial charge in [-0.05, 0) is 24.6 Å². The third-order valence-electron chi connectivity index (χ3n) is 4.06. The van der Waals surface area contributed by atoms with E-state index in [2.05, 4.69) is 30.5 Å². The zero-order valence-corrected chi connectivity index (χ0v) is 14.7. The van der Waals surface area contributed by atoms with E-state index in [9.17, 15) is 0 Å². The van der Waals surface area contributed by atoms with E-state index in [-0.39, 0.29) is 12.4 Å². The topological polar surface area (TPSA) is 130 Å². The second-order valence-corrected chi connectivity index (χ2v) is 6.66. The van der Waals surface area contributed by atoms with Crippen LogP contribution in [-0.2, 0) is 6.42 Å². The summed E-state index contributed by atoms with van der Waals surface area (Å²) in [5, 5.41) is 11.4. The van der Waals surface area contributed by atoms with Crippen molar-refractivity contribution >= 4 is 34.3 Å². The fraction of sp³-hybridized carbons (Fsp3) is 0.176. The minimum Gasteiger partial charge on any atom is -0.370 e. The summed E-state index contributed by atoms with van der Waals surface area (Å²) < 4.78 is 0. The van der Waals surface area contributed by atoms with Gasteiger partial charge in [0.05, 0.1) is 28.9 Å². The van der Waals surface area contributed by atoms with E-state index in [1.807, 2.05) is 31.2 Å². The summed E-state index contributed by atoms with van der Waals surface area (Å²) in [6.45, 7) is 1.92. The molecule has 2 aromatic heterocycles. The average molecular weight is 369 g/mol. The molecule has 132 valence electrons. The van der Waals surface area contributed by atoms with Gasteiger partial charge in [0, 0.05) is 17.1 Å². The number of fused-ring (bicyclic) bond motifs is 1. The number of aryl methyl sites for hydroxylation is 1. The van der Waals surface area contributed by atoms with Crippen LogP contribution >= 0.6 is 11.6 Å². The number of hydrogen-bond donors (Lipinski definition) is 4. The highest BCUT2D eigenvalue weighted by Gasteiger charge is 2.30. The monoisotopic (exact) mass is 368 g/mol. The summed E-state index contributed by atoms with van der Waals surface area (Å²) in [5.41, 5.74) is 15.6. The predicted molar refractivity (Wildman–Crippen MR) is 102 cm³/mol. The Morgan fingerprint density at radius 2 is 2.04 bits per heavy atom. The lowest BCUT2D eigenvalue weighted by atomic mass is 10.1. The quantitative estimate of drug-likeness (QED) is 0.555. The SMILES string of the molecule is Cc1cnc(CC2(N)N=C(N)NC(c3ccc4cn[nH]c4c3)=N2)c(Cl)c1. The normalized spacial score (nSPS) is 19.8. The van der Waals surface area contributed by atoms with Crippen LogP contribution < -0.4 is 16.8 Å². The Morgan fingerprint density at radius 1 is 1.19 bits per heavy atom. The highest BCUT2D eigenvalue weighted by molar-refractivity contribution is 6.31. The number of amidine groups is 1. The number of benzene rings is 1. The number of nitrogens with zero attached hydrogens (tertiary/aromatic N) is 4. The van der Waals surface area contributed by atoms with E-state index >= 15 is 0 Å². The first-order chi connectivity index (χ1) is 12.4. The van der Waals surface area contributed by atoms with Crippen LogP contribution in [0, 0.1) is 6.92 Å². The van der Waals surface area contributed by atoms with Gasteiger partial charge in [-0.2, -0.15) is 5.10 Å². The summed E-state index contributed by atoms with van der Waals surface area (Å²) in [6.07, 6.45) is 3.71. The lowest BCUT2D eigenvalue weighted by Crippen LogP contribution is -2.51. The van der Waals surface area contributed by atoms with E-state index in [4.69, 9.17) is 23.1 Å². The molecule has 3 aromatic rings. The Morgan fingerprint density at radius 3 is 2.85 bits per heavy atom. The number of aliphatic imine (C=N–C) groups is 2. The number of rotatable bonds is 3. The molecule has 1 atom stereocenters. The molecule has 6 N–H and O–H groups in total. The van der Waals surface area contributed by atoms with Crippen molar-refractivity contribution in [3.63, 3.8) is 0 Å². The van der Waals surface area contributed by atoms with Gasteiger partial charge in [-0.3, -0.25) is 15.8 Å². The molecule has 0 aliphatic carbocycles. The summed E-state index contributed by atoms with van der Waals surface area (Å²) in [5.74, 6) is -0.579. The molecule has 4 rings (SSSR count). The zero-order chi connectivity index (χ0) is 18.3. The number of guanidine groups is 1. The second-order valence-electron chi connectivity index (χ2n) is 6.25. The minimum atomic E-state index is -1.29. The van der Waals surface area contributed by atoms with Crippen molar-refractivity contribution < 1.29 is 0 Å². The van der Waals surface area contributed by atoms with Crippen LogP contribution in [0.2, 0.25) is 5.02 Å². The third kappa shape index (κ3) is 3.12. The molecule has 1 unspecified atom stereocenters. The van der Waals surface area contributed by atoms with Crippen molar-refractivity contribution in [1.29, 1.82) is 0 Å². The zero-order valence-electron chi connectivity index (χ0n) is 14.0. The van der Waals surface area contributed by atoms with Crippen molar-refractivity contribution in [2.45, 2.75) is 19.1 Å². The average Bonchev–Trinajstić information content (AvgIpc) is 3.04. The first-order valence-corrected chi connectivity index (χ1v) is 8.35.